The Kier molecular flexibility index (Phi) is 4.76. The van der Waals surface area contributed by atoms with E-state index in [4.69, 9.17) is 22.2 Å². The van der Waals surface area contributed by atoms with Crippen molar-refractivity contribution in [2.45, 2.75) is 6.55 Å². The zero-order valence-corrected chi connectivity index (χ0v) is 15.3. The Bertz CT molecular complexity index is 713. The lowest BCUT2D eigenvalue weighted by Crippen LogP contribution is -2.32. The summed E-state index contributed by atoms with van der Waals surface area (Å²) in [5.74, 6) is 0. The van der Waals surface area contributed by atoms with Crippen molar-refractivity contribution >= 4 is 51.1 Å². The zero-order valence-electron chi connectivity index (χ0n) is 12.8. The van der Waals surface area contributed by atoms with E-state index in [2.05, 4.69) is 41.3 Å². The SMILES string of the molecule is C[Si](Cl)(Cl)c1ccc(N(c2ccccc2)c2ccccc2)cc1. The highest BCUT2D eigenvalue weighted by Crippen LogP contribution is 2.33. The molecule has 0 radical (unpaired) electrons. The van der Waals surface area contributed by atoms with Crippen LogP contribution in [0.5, 0.6) is 0 Å². The minimum Gasteiger partial charge on any atom is -0.311 e. The molecule has 0 spiro atoms. The van der Waals surface area contributed by atoms with Gasteiger partial charge in [0.2, 0.25) is 0 Å². The van der Waals surface area contributed by atoms with Crippen molar-refractivity contribution in [1.82, 2.24) is 0 Å². The maximum atomic E-state index is 6.32. The fraction of sp³-hybridized carbons (Fsp3) is 0.0526. The third kappa shape index (κ3) is 3.78. The summed E-state index contributed by atoms with van der Waals surface area (Å²) in [6.07, 6.45) is 0. The van der Waals surface area contributed by atoms with Crippen LogP contribution in [0.4, 0.5) is 17.1 Å². The van der Waals surface area contributed by atoms with Gasteiger partial charge in [0.15, 0.2) is 0 Å². The molecular formula is C19H17Cl2NSi. The van der Waals surface area contributed by atoms with E-state index in [0.29, 0.717) is 0 Å². The molecule has 3 rings (SSSR count). The van der Waals surface area contributed by atoms with E-state index in [0.717, 1.165) is 22.2 Å². The van der Waals surface area contributed by atoms with Crippen molar-refractivity contribution in [2.75, 3.05) is 4.90 Å². The Morgan fingerprint density at radius 1 is 0.609 bits per heavy atom. The summed E-state index contributed by atoms with van der Waals surface area (Å²) in [4.78, 5) is 2.21. The van der Waals surface area contributed by atoms with Crippen LogP contribution >= 0.6 is 22.2 Å². The maximum absolute atomic E-state index is 6.32. The minimum atomic E-state index is -2.32. The average molecular weight is 358 g/mol. The second-order valence-electron chi connectivity index (χ2n) is 5.44. The zero-order chi connectivity index (χ0) is 16.3. The topological polar surface area (TPSA) is 3.24 Å². The van der Waals surface area contributed by atoms with Gasteiger partial charge in [0, 0.05) is 17.1 Å². The van der Waals surface area contributed by atoms with Crippen LogP contribution in [-0.2, 0) is 0 Å². The molecule has 0 bridgehead atoms. The van der Waals surface area contributed by atoms with E-state index in [1.165, 1.54) is 0 Å². The van der Waals surface area contributed by atoms with Gasteiger partial charge in [-0.3, -0.25) is 0 Å². The van der Waals surface area contributed by atoms with Crippen LogP contribution in [0.1, 0.15) is 0 Å². The number of hydrogen-bond acceptors (Lipinski definition) is 1. The number of rotatable bonds is 4. The lowest BCUT2D eigenvalue weighted by Gasteiger charge is -2.26. The molecule has 1 nitrogen and oxygen atoms in total. The van der Waals surface area contributed by atoms with Gasteiger partial charge in [0.1, 0.15) is 0 Å². The second-order valence-corrected chi connectivity index (χ2v) is 12.9. The van der Waals surface area contributed by atoms with Crippen LogP contribution < -0.4 is 10.1 Å². The van der Waals surface area contributed by atoms with Crippen molar-refractivity contribution in [3.8, 4) is 0 Å². The molecule has 3 aromatic carbocycles. The van der Waals surface area contributed by atoms with Crippen molar-refractivity contribution in [3.63, 3.8) is 0 Å². The van der Waals surface area contributed by atoms with Gasteiger partial charge in [-0.25, -0.2) is 0 Å². The molecule has 0 aliphatic heterocycles. The molecule has 0 amide bonds. The summed E-state index contributed by atoms with van der Waals surface area (Å²) >= 11 is 12.6. The molecule has 116 valence electrons. The smallest absolute Gasteiger partial charge is 0.277 e. The fourth-order valence-electron chi connectivity index (χ4n) is 2.50. The molecule has 0 fully saturated rings. The molecule has 0 N–H and O–H groups in total. The van der Waals surface area contributed by atoms with Crippen LogP contribution in [0.2, 0.25) is 6.55 Å². The molecule has 23 heavy (non-hydrogen) atoms. The summed E-state index contributed by atoms with van der Waals surface area (Å²) in [6, 6.07) is 28.8. The molecule has 0 aliphatic rings. The number of anilines is 3. The van der Waals surface area contributed by atoms with E-state index < -0.39 is 6.69 Å². The lowest BCUT2D eigenvalue weighted by molar-refractivity contribution is 1.28. The molecule has 3 aromatic rings. The standard InChI is InChI=1S/C19H17Cl2NSi/c1-23(20,21)19-14-12-18(13-15-19)22(16-8-4-2-5-9-16)17-10-6-3-7-11-17/h2-15H,1H3. The summed E-state index contributed by atoms with van der Waals surface area (Å²) in [5.41, 5.74) is 3.31. The van der Waals surface area contributed by atoms with E-state index in [1.807, 2.05) is 55.1 Å². The van der Waals surface area contributed by atoms with E-state index >= 15 is 0 Å². The van der Waals surface area contributed by atoms with Gasteiger partial charge in [0.25, 0.3) is 6.69 Å². The van der Waals surface area contributed by atoms with E-state index in [1.54, 1.807) is 0 Å². The first-order chi connectivity index (χ1) is 11.1. The molecule has 0 aromatic heterocycles. The first kappa shape index (κ1) is 16.1. The molecule has 0 saturated carbocycles. The van der Waals surface area contributed by atoms with Crippen LogP contribution in [0.3, 0.4) is 0 Å². The normalized spacial score (nSPS) is 11.3. The van der Waals surface area contributed by atoms with Crippen molar-refractivity contribution in [1.29, 1.82) is 0 Å². The van der Waals surface area contributed by atoms with Crippen LogP contribution in [0.25, 0.3) is 0 Å². The quantitative estimate of drug-likeness (QED) is 0.414. The molecule has 0 atom stereocenters. The Morgan fingerprint density at radius 2 is 1.00 bits per heavy atom. The predicted octanol–water partition coefficient (Wildman–Crippen LogP) is 5.91. The summed E-state index contributed by atoms with van der Waals surface area (Å²) < 4.78 is 0. The van der Waals surface area contributed by atoms with Gasteiger partial charge in [-0.1, -0.05) is 48.5 Å². The van der Waals surface area contributed by atoms with Crippen molar-refractivity contribution in [3.05, 3.63) is 84.9 Å². The van der Waals surface area contributed by atoms with Gasteiger partial charge < -0.3 is 4.90 Å². The third-order valence-electron chi connectivity index (χ3n) is 3.66. The molecule has 0 heterocycles. The molecule has 0 aliphatic carbocycles. The van der Waals surface area contributed by atoms with Crippen LogP contribution in [0.15, 0.2) is 84.9 Å². The first-order valence-electron chi connectivity index (χ1n) is 7.44. The molecule has 0 unspecified atom stereocenters. The Hall–Kier alpha value is -1.74. The van der Waals surface area contributed by atoms with Crippen LogP contribution in [0, 0.1) is 0 Å². The summed E-state index contributed by atoms with van der Waals surface area (Å²) in [6.45, 7) is -0.410. The fourth-order valence-corrected chi connectivity index (χ4v) is 4.01. The number of benzene rings is 3. The van der Waals surface area contributed by atoms with Gasteiger partial charge >= 0.3 is 0 Å². The first-order valence-corrected chi connectivity index (χ1v) is 12.0. The van der Waals surface area contributed by atoms with E-state index in [-0.39, 0.29) is 0 Å². The Balaban J connectivity index is 2.06. The second kappa shape index (κ2) is 6.79. The van der Waals surface area contributed by atoms with Crippen molar-refractivity contribution < 1.29 is 0 Å². The predicted molar refractivity (Wildman–Crippen MR) is 104 cm³/mol. The van der Waals surface area contributed by atoms with Gasteiger partial charge in [0.05, 0.1) is 0 Å². The minimum absolute atomic E-state index is 1.02. The number of hydrogen-bond donors (Lipinski definition) is 0. The number of nitrogens with zero attached hydrogens (tertiary/aromatic N) is 1. The third-order valence-corrected chi connectivity index (χ3v) is 6.32. The molecule has 4 heteroatoms. The Morgan fingerprint density at radius 3 is 1.39 bits per heavy atom. The summed E-state index contributed by atoms with van der Waals surface area (Å²) in [5, 5.41) is 1.02. The highest BCUT2D eigenvalue weighted by Gasteiger charge is 2.24. The lowest BCUT2D eigenvalue weighted by atomic mass is 10.2. The average Bonchev–Trinajstić information content (AvgIpc) is 2.57. The largest absolute Gasteiger partial charge is 0.311 e. The van der Waals surface area contributed by atoms with Gasteiger partial charge in [-0.05, 0) is 48.1 Å². The highest BCUT2D eigenvalue weighted by atomic mass is 35.7. The van der Waals surface area contributed by atoms with Crippen molar-refractivity contribution in [2.24, 2.45) is 0 Å². The highest BCUT2D eigenvalue weighted by molar-refractivity contribution is 7.50. The molecule has 0 saturated heterocycles. The Labute approximate surface area is 147 Å². The van der Waals surface area contributed by atoms with Crippen LogP contribution in [-0.4, -0.2) is 6.69 Å². The molecular weight excluding hydrogens is 341 g/mol. The summed E-state index contributed by atoms with van der Waals surface area (Å²) in [7, 11) is 0. The van der Waals surface area contributed by atoms with Gasteiger partial charge in [-0.2, -0.15) is 0 Å². The number of halogens is 2. The monoisotopic (exact) mass is 357 g/mol. The van der Waals surface area contributed by atoms with Gasteiger partial charge in [-0.15, -0.1) is 22.2 Å². The van der Waals surface area contributed by atoms with E-state index in [9.17, 15) is 0 Å². The maximum Gasteiger partial charge on any atom is 0.277 e. The number of para-hydroxylation sites is 2.